The van der Waals surface area contributed by atoms with Gasteiger partial charge in [0.15, 0.2) is 0 Å². The van der Waals surface area contributed by atoms with Crippen LogP contribution >= 0.6 is 0 Å². The first-order valence-electron chi connectivity index (χ1n) is 7.61. The quantitative estimate of drug-likeness (QED) is 0.722. The maximum atomic E-state index is 12.2. The number of unbranched alkanes of at least 4 members (excludes halogenated alkanes) is 1. The molecule has 0 aliphatic heterocycles. The number of rotatable bonds is 8. The van der Waals surface area contributed by atoms with Gasteiger partial charge in [-0.2, -0.15) is 0 Å². The van der Waals surface area contributed by atoms with Crippen LogP contribution in [0.4, 0.5) is 11.4 Å². The van der Waals surface area contributed by atoms with Crippen molar-refractivity contribution in [2.24, 2.45) is 0 Å². The van der Waals surface area contributed by atoms with E-state index < -0.39 is 0 Å². The molecular weight excluding hydrogens is 266 g/mol. The van der Waals surface area contributed by atoms with E-state index in [1.807, 2.05) is 0 Å². The lowest BCUT2D eigenvalue weighted by molar-refractivity contribution is -0.117. The maximum absolute atomic E-state index is 12.2. The van der Waals surface area contributed by atoms with Crippen LogP contribution in [-0.2, 0) is 4.79 Å². The standard InChI is InChI=1S/C16H25N3O2/c1-3-4-9-19(12-5-6-12)11-16(20)18-15-8-7-13(21-2)10-14(15)17/h7-8,10,12H,3-6,9,11,17H2,1-2H3,(H,18,20). The number of anilines is 2. The van der Waals surface area contributed by atoms with E-state index in [0.717, 1.165) is 19.4 Å². The van der Waals surface area contributed by atoms with Crippen molar-refractivity contribution in [3.05, 3.63) is 18.2 Å². The van der Waals surface area contributed by atoms with Crippen LogP contribution in [0.15, 0.2) is 18.2 Å². The lowest BCUT2D eigenvalue weighted by atomic mass is 10.2. The highest BCUT2D eigenvalue weighted by Gasteiger charge is 2.29. The Balaban J connectivity index is 1.91. The summed E-state index contributed by atoms with van der Waals surface area (Å²) in [4.78, 5) is 14.5. The average Bonchev–Trinajstić information content (AvgIpc) is 3.30. The molecule has 5 nitrogen and oxygen atoms in total. The molecule has 1 aromatic rings. The first-order valence-corrected chi connectivity index (χ1v) is 7.61. The van der Waals surface area contributed by atoms with Crippen LogP contribution in [0.5, 0.6) is 5.75 Å². The van der Waals surface area contributed by atoms with Gasteiger partial charge < -0.3 is 15.8 Å². The molecule has 0 unspecified atom stereocenters. The Hall–Kier alpha value is -1.75. The fourth-order valence-electron chi connectivity index (χ4n) is 2.35. The smallest absolute Gasteiger partial charge is 0.238 e. The van der Waals surface area contributed by atoms with E-state index in [-0.39, 0.29) is 5.91 Å². The largest absolute Gasteiger partial charge is 0.497 e. The Morgan fingerprint density at radius 3 is 2.81 bits per heavy atom. The molecule has 3 N–H and O–H groups in total. The van der Waals surface area contributed by atoms with Crippen LogP contribution < -0.4 is 15.8 Å². The predicted octanol–water partition coefficient (Wildman–Crippen LogP) is 2.48. The van der Waals surface area contributed by atoms with Crippen molar-refractivity contribution in [3.8, 4) is 5.75 Å². The Bertz CT molecular complexity index is 486. The van der Waals surface area contributed by atoms with E-state index in [1.54, 1.807) is 25.3 Å². The highest BCUT2D eigenvalue weighted by molar-refractivity contribution is 5.95. The molecule has 0 atom stereocenters. The van der Waals surface area contributed by atoms with Crippen LogP contribution in [0, 0.1) is 0 Å². The monoisotopic (exact) mass is 291 g/mol. The van der Waals surface area contributed by atoms with Gasteiger partial charge in [-0.25, -0.2) is 0 Å². The van der Waals surface area contributed by atoms with Gasteiger partial charge in [0.1, 0.15) is 5.75 Å². The van der Waals surface area contributed by atoms with Crippen molar-refractivity contribution in [2.45, 2.75) is 38.6 Å². The minimum absolute atomic E-state index is 0.00475. The normalized spacial score (nSPS) is 14.2. The van der Waals surface area contributed by atoms with Gasteiger partial charge in [-0.05, 0) is 37.9 Å². The summed E-state index contributed by atoms with van der Waals surface area (Å²) in [6.07, 6.45) is 4.70. The Labute approximate surface area is 126 Å². The van der Waals surface area contributed by atoms with Gasteiger partial charge in [-0.15, -0.1) is 0 Å². The van der Waals surface area contributed by atoms with E-state index in [9.17, 15) is 4.79 Å². The van der Waals surface area contributed by atoms with Crippen LogP contribution in [0.25, 0.3) is 0 Å². The van der Waals surface area contributed by atoms with Crippen molar-refractivity contribution < 1.29 is 9.53 Å². The number of methoxy groups -OCH3 is 1. The van der Waals surface area contributed by atoms with Crippen LogP contribution in [0.1, 0.15) is 32.6 Å². The van der Waals surface area contributed by atoms with Gasteiger partial charge in [0.25, 0.3) is 0 Å². The van der Waals surface area contributed by atoms with Gasteiger partial charge in [-0.3, -0.25) is 9.69 Å². The molecule has 5 heteroatoms. The Morgan fingerprint density at radius 1 is 1.48 bits per heavy atom. The van der Waals surface area contributed by atoms with Gasteiger partial charge in [-0.1, -0.05) is 13.3 Å². The van der Waals surface area contributed by atoms with Crippen LogP contribution in [0.2, 0.25) is 0 Å². The summed E-state index contributed by atoms with van der Waals surface area (Å²) >= 11 is 0. The fraction of sp³-hybridized carbons (Fsp3) is 0.562. The number of amides is 1. The lowest BCUT2D eigenvalue weighted by Crippen LogP contribution is -2.35. The minimum Gasteiger partial charge on any atom is -0.497 e. The number of nitrogens with one attached hydrogen (secondary N) is 1. The molecule has 1 saturated carbocycles. The maximum Gasteiger partial charge on any atom is 0.238 e. The average molecular weight is 291 g/mol. The Kier molecular flexibility index (Phi) is 5.44. The van der Waals surface area contributed by atoms with Crippen molar-refractivity contribution in [1.82, 2.24) is 4.90 Å². The zero-order chi connectivity index (χ0) is 15.2. The zero-order valence-electron chi connectivity index (χ0n) is 12.9. The highest BCUT2D eigenvalue weighted by Crippen LogP contribution is 2.27. The lowest BCUT2D eigenvalue weighted by Gasteiger charge is -2.21. The van der Waals surface area contributed by atoms with Crippen molar-refractivity contribution in [1.29, 1.82) is 0 Å². The number of hydrogen-bond acceptors (Lipinski definition) is 4. The summed E-state index contributed by atoms with van der Waals surface area (Å²) in [7, 11) is 1.59. The van der Waals surface area contributed by atoms with E-state index in [2.05, 4.69) is 17.1 Å². The number of nitrogens with zero attached hydrogens (tertiary/aromatic N) is 1. The number of carbonyl (C=O) groups excluding carboxylic acids is 1. The molecule has 21 heavy (non-hydrogen) atoms. The molecule has 1 aliphatic carbocycles. The van der Waals surface area contributed by atoms with E-state index in [4.69, 9.17) is 10.5 Å². The van der Waals surface area contributed by atoms with Crippen LogP contribution in [-0.4, -0.2) is 37.0 Å². The molecule has 1 fully saturated rings. The summed E-state index contributed by atoms with van der Waals surface area (Å²) < 4.78 is 5.10. The van der Waals surface area contributed by atoms with Gasteiger partial charge in [0.05, 0.1) is 25.0 Å². The number of nitrogen functional groups attached to an aromatic ring is 1. The van der Waals surface area contributed by atoms with Crippen molar-refractivity contribution in [3.63, 3.8) is 0 Å². The summed E-state index contributed by atoms with van der Waals surface area (Å²) in [5.41, 5.74) is 7.09. The molecule has 0 bridgehead atoms. The molecule has 0 spiro atoms. The van der Waals surface area contributed by atoms with Crippen molar-refractivity contribution in [2.75, 3.05) is 31.2 Å². The van der Waals surface area contributed by atoms with Gasteiger partial charge in [0.2, 0.25) is 5.91 Å². The zero-order valence-corrected chi connectivity index (χ0v) is 12.9. The molecule has 1 amide bonds. The number of hydrogen-bond donors (Lipinski definition) is 2. The molecule has 0 radical (unpaired) electrons. The number of benzene rings is 1. The highest BCUT2D eigenvalue weighted by atomic mass is 16.5. The van der Waals surface area contributed by atoms with E-state index >= 15 is 0 Å². The first kappa shape index (κ1) is 15.6. The summed E-state index contributed by atoms with van der Waals surface area (Å²) in [6.45, 7) is 3.60. The van der Waals surface area contributed by atoms with Gasteiger partial charge >= 0.3 is 0 Å². The van der Waals surface area contributed by atoms with Crippen molar-refractivity contribution >= 4 is 17.3 Å². The third-order valence-electron chi connectivity index (χ3n) is 3.74. The predicted molar refractivity (Wildman–Crippen MR) is 85.5 cm³/mol. The van der Waals surface area contributed by atoms with E-state index in [0.29, 0.717) is 29.7 Å². The molecule has 1 aliphatic rings. The molecule has 2 rings (SSSR count). The minimum atomic E-state index is -0.00475. The number of carbonyl (C=O) groups is 1. The molecule has 1 aromatic carbocycles. The first-order chi connectivity index (χ1) is 10.1. The van der Waals surface area contributed by atoms with E-state index in [1.165, 1.54) is 12.8 Å². The molecule has 0 heterocycles. The number of nitrogens with two attached hydrogens (primary N) is 1. The topological polar surface area (TPSA) is 67.6 Å². The summed E-state index contributed by atoms with van der Waals surface area (Å²) in [6, 6.07) is 5.88. The second-order valence-corrected chi connectivity index (χ2v) is 5.56. The third kappa shape index (κ3) is 4.63. The summed E-state index contributed by atoms with van der Waals surface area (Å²) in [5, 5.41) is 2.89. The second-order valence-electron chi connectivity index (χ2n) is 5.56. The molecule has 0 saturated heterocycles. The molecular formula is C16H25N3O2. The Morgan fingerprint density at radius 2 is 2.24 bits per heavy atom. The molecule has 116 valence electrons. The van der Waals surface area contributed by atoms with Gasteiger partial charge in [0, 0.05) is 12.1 Å². The fourth-order valence-corrected chi connectivity index (χ4v) is 2.35. The third-order valence-corrected chi connectivity index (χ3v) is 3.74. The summed E-state index contributed by atoms with van der Waals surface area (Å²) in [5.74, 6) is 0.683. The SMILES string of the molecule is CCCCN(CC(=O)Nc1ccc(OC)cc1N)C1CC1. The molecule has 0 aromatic heterocycles. The van der Waals surface area contributed by atoms with Crippen LogP contribution in [0.3, 0.4) is 0 Å². The number of ether oxygens (including phenoxy) is 1. The second kappa shape index (κ2) is 7.31.